The molecule has 0 fully saturated rings. The number of halogens is 1. The minimum atomic E-state index is -0.160. The fourth-order valence-electron chi connectivity index (χ4n) is 4.18. The maximum Gasteiger partial charge on any atom is 0.281 e. The van der Waals surface area contributed by atoms with Crippen LogP contribution in [-0.4, -0.2) is 14.5 Å². The Balaban J connectivity index is 1.77. The second-order valence-electron chi connectivity index (χ2n) is 9.62. The van der Waals surface area contributed by atoms with E-state index in [1.54, 1.807) is 6.20 Å². The van der Waals surface area contributed by atoms with Gasteiger partial charge < -0.3 is 9.55 Å². The number of nitrogen functional groups attached to an aromatic ring is 1. The van der Waals surface area contributed by atoms with Crippen molar-refractivity contribution in [3.05, 3.63) is 53.2 Å². The number of aromatic amines is 1. The predicted octanol–water partition coefficient (Wildman–Crippen LogP) is 4.85. The van der Waals surface area contributed by atoms with E-state index in [-0.39, 0.29) is 10.8 Å². The Morgan fingerprint density at radius 3 is 2.55 bits per heavy atom. The smallest absolute Gasteiger partial charge is 0.281 e. The number of anilines is 1. The molecule has 0 amide bonds. The molecule has 0 aliphatic carbocycles. The molecule has 0 saturated heterocycles. The molecule has 0 saturated carbocycles. The zero-order valence-electron chi connectivity index (χ0n) is 18.0. The van der Waals surface area contributed by atoms with Crippen molar-refractivity contribution in [3.63, 3.8) is 0 Å². The molecule has 6 heteroatoms. The molecular formula is C23H29ClN5+. The average molecular weight is 411 g/mol. The lowest BCUT2D eigenvalue weighted by atomic mass is 9.88. The van der Waals surface area contributed by atoms with E-state index >= 15 is 0 Å². The summed E-state index contributed by atoms with van der Waals surface area (Å²) in [6.45, 7) is 11.8. The van der Waals surface area contributed by atoms with E-state index in [1.807, 2.05) is 6.20 Å². The van der Waals surface area contributed by atoms with E-state index in [0.717, 1.165) is 34.2 Å². The first-order valence-corrected chi connectivity index (χ1v) is 10.3. The number of nitrogens with one attached hydrogen (secondary N) is 1. The molecule has 152 valence electrons. The van der Waals surface area contributed by atoms with Gasteiger partial charge in [-0.3, -0.25) is 10.7 Å². The number of rotatable bonds is 3. The van der Waals surface area contributed by atoms with Crippen LogP contribution in [0.2, 0.25) is 5.02 Å². The molecule has 0 aliphatic rings. The van der Waals surface area contributed by atoms with Crippen molar-refractivity contribution in [3.8, 4) is 0 Å². The Kier molecular flexibility index (Phi) is 4.43. The lowest BCUT2D eigenvalue weighted by Crippen LogP contribution is -2.45. The van der Waals surface area contributed by atoms with Gasteiger partial charge in [0.15, 0.2) is 0 Å². The number of hydrogen-bond acceptors (Lipinski definition) is 2. The number of H-pyrrole nitrogens is 1. The van der Waals surface area contributed by atoms with Crippen LogP contribution in [-0.2, 0) is 24.4 Å². The molecule has 0 spiro atoms. The highest BCUT2D eigenvalue weighted by atomic mass is 35.5. The number of nitrogens with zero attached hydrogens (tertiary/aromatic N) is 3. The predicted molar refractivity (Wildman–Crippen MR) is 120 cm³/mol. The Hall–Kier alpha value is -2.53. The molecule has 4 rings (SSSR count). The SMILES string of the molecule is Cn1c(C(C)(C)C[n+]2ccc3[nH]c(C(C)(C)C)cc3c2N)cc2cncc(Cl)c21. The lowest BCUT2D eigenvalue weighted by molar-refractivity contribution is -0.689. The van der Waals surface area contributed by atoms with E-state index in [9.17, 15) is 0 Å². The van der Waals surface area contributed by atoms with Crippen molar-refractivity contribution in [1.29, 1.82) is 0 Å². The van der Waals surface area contributed by atoms with Crippen LogP contribution in [0.5, 0.6) is 0 Å². The van der Waals surface area contributed by atoms with Crippen molar-refractivity contribution in [1.82, 2.24) is 14.5 Å². The summed E-state index contributed by atoms with van der Waals surface area (Å²) in [5, 5.41) is 2.79. The zero-order valence-corrected chi connectivity index (χ0v) is 18.7. The highest BCUT2D eigenvalue weighted by Crippen LogP contribution is 2.33. The summed E-state index contributed by atoms with van der Waals surface area (Å²) >= 11 is 6.40. The minimum absolute atomic E-state index is 0.0476. The molecular weight excluding hydrogens is 382 g/mol. The standard InChI is InChI=1S/C23H28ClN5/c1-22(2,3)18-10-15-17(27-18)7-8-29(21(15)25)13-23(4,5)19-9-14-11-26-12-16(24)20(14)28(19)6/h7-12H,13H2,1-6H3,(H2,25,27)/p+1. The van der Waals surface area contributed by atoms with Crippen LogP contribution in [0.15, 0.2) is 36.8 Å². The topological polar surface area (TPSA) is 63.5 Å². The van der Waals surface area contributed by atoms with Crippen molar-refractivity contribution < 1.29 is 4.57 Å². The van der Waals surface area contributed by atoms with Crippen molar-refractivity contribution in [2.45, 2.75) is 52.0 Å². The monoisotopic (exact) mass is 410 g/mol. The highest BCUT2D eigenvalue weighted by Gasteiger charge is 2.30. The van der Waals surface area contributed by atoms with Crippen LogP contribution in [0.3, 0.4) is 0 Å². The second-order valence-corrected chi connectivity index (χ2v) is 10.0. The molecule has 0 atom stereocenters. The Labute approximate surface area is 176 Å². The maximum atomic E-state index is 6.60. The van der Waals surface area contributed by atoms with E-state index < -0.39 is 0 Å². The number of aryl methyl sites for hydroxylation is 1. The Bertz CT molecular complexity index is 1220. The van der Waals surface area contributed by atoms with Crippen molar-refractivity contribution in [2.75, 3.05) is 5.73 Å². The number of hydrogen-bond donors (Lipinski definition) is 2. The molecule has 4 aromatic rings. The number of nitrogens with two attached hydrogens (primary N) is 1. The summed E-state index contributed by atoms with van der Waals surface area (Å²) in [7, 11) is 2.06. The number of fused-ring (bicyclic) bond motifs is 2. The molecule has 0 aromatic carbocycles. The lowest BCUT2D eigenvalue weighted by Gasteiger charge is -2.25. The zero-order chi connectivity index (χ0) is 21.1. The van der Waals surface area contributed by atoms with Gasteiger partial charge in [-0.25, -0.2) is 4.57 Å². The van der Waals surface area contributed by atoms with Gasteiger partial charge in [0.2, 0.25) is 0 Å². The van der Waals surface area contributed by atoms with E-state index in [0.29, 0.717) is 5.02 Å². The molecule has 5 nitrogen and oxygen atoms in total. The molecule has 29 heavy (non-hydrogen) atoms. The highest BCUT2D eigenvalue weighted by molar-refractivity contribution is 6.35. The van der Waals surface area contributed by atoms with Crippen LogP contribution in [0.4, 0.5) is 5.82 Å². The first kappa shape index (κ1) is 19.8. The summed E-state index contributed by atoms with van der Waals surface area (Å²) in [5.74, 6) is 0.779. The molecule has 0 aliphatic heterocycles. The van der Waals surface area contributed by atoms with Gasteiger partial charge in [-0.15, -0.1) is 0 Å². The molecule has 0 radical (unpaired) electrons. The van der Waals surface area contributed by atoms with Gasteiger partial charge >= 0.3 is 0 Å². The summed E-state index contributed by atoms with van der Waals surface area (Å²) < 4.78 is 4.31. The molecule has 0 unspecified atom stereocenters. The van der Waals surface area contributed by atoms with Crippen LogP contribution in [0.1, 0.15) is 46.0 Å². The largest absolute Gasteiger partial charge is 0.358 e. The first-order valence-electron chi connectivity index (χ1n) is 9.89. The Morgan fingerprint density at radius 1 is 1.17 bits per heavy atom. The van der Waals surface area contributed by atoms with Gasteiger partial charge in [0.05, 0.1) is 27.6 Å². The van der Waals surface area contributed by atoms with Gasteiger partial charge in [-0.05, 0) is 12.1 Å². The number of aromatic nitrogens is 4. The summed E-state index contributed by atoms with van der Waals surface area (Å²) in [5.41, 5.74) is 11.0. The molecule has 4 heterocycles. The summed E-state index contributed by atoms with van der Waals surface area (Å²) in [6, 6.07) is 6.47. The van der Waals surface area contributed by atoms with Gasteiger partial charge in [0.25, 0.3) is 5.82 Å². The van der Waals surface area contributed by atoms with Gasteiger partial charge in [-0.2, -0.15) is 0 Å². The van der Waals surface area contributed by atoms with Crippen LogP contribution in [0.25, 0.3) is 21.8 Å². The fraction of sp³-hybridized carbons (Fsp3) is 0.391. The van der Waals surface area contributed by atoms with Crippen LogP contribution in [0, 0.1) is 0 Å². The van der Waals surface area contributed by atoms with Crippen LogP contribution < -0.4 is 10.3 Å². The van der Waals surface area contributed by atoms with Gasteiger partial charge in [0.1, 0.15) is 6.54 Å². The van der Waals surface area contributed by atoms with Crippen LogP contribution >= 0.6 is 11.6 Å². The van der Waals surface area contributed by atoms with Crippen molar-refractivity contribution in [2.24, 2.45) is 7.05 Å². The molecule has 4 aromatic heterocycles. The minimum Gasteiger partial charge on any atom is -0.358 e. The fourth-order valence-corrected chi connectivity index (χ4v) is 4.47. The van der Waals surface area contributed by atoms with Gasteiger partial charge in [-0.1, -0.05) is 46.2 Å². The Morgan fingerprint density at radius 2 is 1.90 bits per heavy atom. The van der Waals surface area contributed by atoms with E-state index in [1.165, 1.54) is 11.4 Å². The second kappa shape index (κ2) is 6.49. The van der Waals surface area contributed by atoms with Gasteiger partial charge in [0, 0.05) is 53.1 Å². The molecule has 3 N–H and O–H groups in total. The summed E-state index contributed by atoms with van der Waals surface area (Å²) in [6.07, 6.45) is 5.63. The maximum absolute atomic E-state index is 6.60. The number of pyridine rings is 2. The molecule has 0 bridgehead atoms. The normalized spacial score (nSPS) is 12.9. The third-order valence-corrected chi connectivity index (χ3v) is 6.09. The van der Waals surface area contributed by atoms with Crippen molar-refractivity contribution >= 4 is 39.2 Å². The third-order valence-electron chi connectivity index (χ3n) is 5.81. The quantitative estimate of drug-likeness (QED) is 0.474. The third kappa shape index (κ3) is 3.27. The summed E-state index contributed by atoms with van der Waals surface area (Å²) in [4.78, 5) is 7.74. The van der Waals surface area contributed by atoms with E-state index in [4.69, 9.17) is 17.3 Å². The first-order chi connectivity index (χ1) is 13.5. The van der Waals surface area contributed by atoms with E-state index in [2.05, 4.69) is 85.2 Å². The average Bonchev–Trinajstić information content (AvgIpc) is 3.20.